The highest BCUT2D eigenvalue weighted by Gasteiger charge is 2.26. The normalized spacial score (nSPS) is 14.3. The number of halogens is 1. The van der Waals surface area contributed by atoms with E-state index in [0.717, 1.165) is 22.2 Å². The number of aromatic nitrogens is 1. The first-order valence-electron chi connectivity index (χ1n) is 7.95. The Morgan fingerprint density at radius 1 is 1.31 bits per heavy atom. The Morgan fingerprint density at radius 3 is 2.92 bits per heavy atom. The minimum absolute atomic E-state index is 0.223. The molecule has 0 fully saturated rings. The van der Waals surface area contributed by atoms with Crippen molar-refractivity contribution < 1.29 is 17.9 Å². The maximum atomic E-state index is 14.7. The van der Waals surface area contributed by atoms with Gasteiger partial charge in [-0.2, -0.15) is 0 Å². The van der Waals surface area contributed by atoms with Crippen molar-refractivity contribution in [3.05, 3.63) is 54.0 Å². The van der Waals surface area contributed by atoms with E-state index in [2.05, 4.69) is 9.71 Å². The lowest BCUT2D eigenvalue weighted by Gasteiger charge is -2.22. The number of hydrogen-bond acceptors (Lipinski definition) is 5. The van der Waals surface area contributed by atoms with Crippen molar-refractivity contribution in [2.75, 3.05) is 23.3 Å². The number of rotatable bonds is 4. The van der Waals surface area contributed by atoms with Crippen molar-refractivity contribution in [1.29, 1.82) is 0 Å². The zero-order valence-electron chi connectivity index (χ0n) is 13.9. The lowest BCUT2D eigenvalue weighted by Crippen LogP contribution is -2.15. The molecule has 1 N–H and O–H groups in total. The number of benzene rings is 2. The Labute approximate surface area is 152 Å². The van der Waals surface area contributed by atoms with E-state index in [9.17, 15) is 13.2 Å². The predicted octanol–water partition coefficient (Wildman–Crippen LogP) is 3.28. The van der Waals surface area contributed by atoms with Crippen LogP contribution in [0.4, 0.5) is 21.5 Å². The number of ether oxygens (including phenoxy) is 1. The summed E-state index contributed by atoms with van der Waals surface area (Å²) in [5, 5.41) is 0.892. The minimum atomic E-state index is -2.49. The Morgan fingerprint density at radius 2 is 2.15 bits per heavy atom. The Balaban J connectivity index is 1.81. The standard InChI is InChI=1S/C18H16FN3O3S/c1-25-13-2-3-14-16(10-13)20-6-4-17(14)22-7-5-11-8-12(21-26(23)24)9-15(19)18(11)22/h2-4,6,8-10,21H,5,7H2,1H3,(H,23,24)/p-1. The molecule has 1 aromatic heterocycles. The molecule has 1 aliphatic heterocycles. The minimum Gasteiger partial charge on any atom is -0.755 e. The molecule has 0 saturated heterocycles. The van der Waals surface area contributed by atoms with Crippen LogP contribution in [0.25, 0.3) is 10.9 Å². The first kappa shape index (κ1) is 16.7. The molecule has 1 atom stereocenters. The molecule has 26 heavy (non-hydrogen) atoms. The molecule has 2 heterocycles. The Hall–Kier alpha value is -2.71. The molecule has 0 saturated carbocycles. The molecule has 0 radical (unpaired) electrons. The van der Waals surface area contributed by atoms with E-state index in [4.69, 9.17) is 4.74 Å². The van der Waals surface area contributed by atoms with E-state index in [1.165, 1.54) is 6.07 Å². The Kier molecular flexibility index (Phi) is 4.21. The predicted molar refractivity (Wildman–Crippen MR) is 97.9 cm³/mol. The summed E-state index contributed by atoms with van der Waals surface area (Å²) in [5.74, 6) is 0.239. The zero-order chi connectivity index (χ0) is 18.3. The van der Waals surface area contributed by atoms with Crippen LogP contribution in [0, 0.1) is 5.82 Å². The topological polar surface area (TPSA) is 77.5 Å². The van der Waals surface area contributed by atoms with Crippen molar-refractivity contribution in [3.8, 4) is 5.75 Å². The SMILES string of the molecule is COc1ccc2c(N3CCc4cc(NS(=O)[O-])cc(F)c43)ccnc2c1. The van der Waals surface area contributed by atoms with E-state index in [-0.39, 0.29) is 5.69 Å². The van der Waals surface area contributed by atoms with Crippen LogP contribution in [-0.2, 0) is 17.7 Å². The van der Waals surface area contributed by atoms with Crippen LogP contribution in [0.3, 0.4) is 0 Å². The number of nitrogens with one attached hydrogen (secondary N) is 1. The summed E-state index contributed by atoms with van der Waals surface area (Å²) in [4.78, 5) is 6.27. The molecule has 134 valence electrons. The maximum Gasteiger partial charge on any atom is 0.149 e. The van der Waals surface area contributed by atoms with Gasteiger partial charge in [0.1, 0.15) is 11.6 Å². The van der Waals surface area contributed by atoms with Crippen molar-refractivity contribution in [3.63, 3.8) is 0 Å². The van der Waals surface area contributed by atoms with Gasteiger partial charge in [0.05, 0.1) is 24.0 Å². The zero-order valence-corrected chi connectivity index (χ0v) is 14.7. The first-order valence-corrected chi connectivity index (χ1v) is 9.03. The summed E-state index contributed by atoms with van der Waals surface area (Å²) in [6.07, 6.45) is 2.30. The monoisotopic (exact) mass is 372 g/mol. The molecule has 1 aliphatic rings. The molecule has 3 aromatic rings. The highest BCUT2D eigenvalue weighted by atomic mass is 32.2. The number of fused-ring (bicyclic) bond motifs is 2. The van der Waals surface area contributed by atoms with E-state index < -0.39 is 17.1 Å². The Bertz CT molecular complexity index is 1030. The van der Waals surface area contributed by atoms with Crippen molar-refractivity contribution in [1.82, 2.24) is 4.98 Å². The fourth-order valence-electron chi connectivity index (χ4n) is 3.36. The van der Waals surface area contributed by atoms with Crippen molar-refractivity contribution in [2.24, 2.45) is 0 Å². The lowest BCUT2D eigenvalue weighted by molar-refractivity contribution is 0.415. The molecule has 6 nitrogen and oxygen atoms in total. The largest absolute Gasteiger partial charge is 0.755 e. The molecular formula is C18H15FN3O3S-. The average molecular weight is 372 g/mol. The summed E-state index contributed by atoms with van der Waals surface area (Å²) in [7, 11) is 1.59. The molecule has 0 amide bonds. The van der Waals surface area contributed by atoms with E-state index >= 15 is 0 Å². The third-order valence-electron chi connectivity index (χ3n) is 4.44. The lowest BCUT2D eigenvalue weighted by atomic mass is 10.1. The van der Waals surface area contributed by atoms with Gasteiger partial charge in [-0.3, -0.25) is 9.19 Å². The van der Waals surface area contributed by atoms with Crippen LogP contribution in [0.2, 0.25) is 0 Å². The fourth-order valence-corrected chi connectivity index (χ4v) is 3.67. The summed E-state index contributed by atoms with van der Waals surface area (Å²) < 4.78 is 43.8. The average Bonchev–Trinajstić information content (AvgIpc) is 3.04. The van der Waals surface area contributed by atoms with Gasteiger partial charge in [-0.05, 0) is 36.2 Å². The number of anilines is 3. The number of nitrogens with zero attached hydrogens (tertiary/aromatic N) is 2. The van der Waals surface area contributed by atoms with Crippen LogP contribution in [0.1, 0.15) is 5.56 Å². The second-order valence-corrected chi connectivity index (χ2v) is 6.59. The van der Waals surface area contributed by atoms with Gasteiger partial charge in [-0.15, -0.1) is 0 Å². The van der Waals surface area contributed by atoms with Crippen molar-refractivity contribution in [2.45, 2.75) is 6.42 Å². The molecular weight excluding hydrogens is 357 g/mol. The van der Waals surface area contributed by atoms with Gasteiger partial charge in [0, 0.05) is 47.2 Å². The second kappa shape index (κ2) is 6.54. The van der Waals surface area contributed by atoms with Gasteiger partial charge in [-0.1, -0.05) is 0 Å². The molecule has 0 spiro atoms. The van der Waals surface area contributed by atoms with E-state index in [1.54, 1.807) is 19.4 Å². The van der Waals surface area contributed by atoms with Crippen LogP contribution in [0.5, 0.6) is 5.75 Å². The van der Waals surface area contributed by atoms with Gasteiger partial charge >= 0.3 is 0 Å². The second-order valence-electron chi connectivity index (χ2n) is 5.92. The molecule has 0 bridgehead atoms. The van der Waals surface area contributed by atoms with Crippen molar-refractivity contribution >= 4 is 39.2 Å². The summed E-state index contributed by atoms with van der Waals surface area (Å²) in [6.45, 7) is 0.599. The van der Waals surface area contributed by atoms with Gasteiger partial charge in [0.2, 0.25) is 0 Å². The summed E-state index contributed by atoms with van der Waals surface area (Å²) in [5.41, 5.74) is 3.06. The van der Waals surface area contributed by atoms with Gasteiger partial charge in [0.25, 0.3) is 0 Å². The summed E-state index contributed by atoms with van der Waals surface area (Å²) >= 11 is -2.49. The highest BCUT2D eigenvalue weighted by Crippen LogP contribution is 2.41. The third-order valence-corrected chi connectivity index (χ3v) is 4.84. The van der Waals surface area contributed by atoms with Gasteiger partial charge < -0.3 is 18.9 Å². The van der Waals surface area contributed by atoms with Crippen LogP contribution in [-0.4, -0.2) is 27.4 Å². The van der Waals surface area contributed by atoms with Crippen LogP contribution in [0.15, 0.2) is 42.6 Å². The number of methoxy groups -OCH3 is 1. The van der Waals surface area contributed by atoms with Gasteiger partial charge in [0.15, 0.2) is 0 Å². The molecule has 1 unspecified atom stereocenters. The fraction of sp³-hybridized carbons (Fsp3) is 0.167. The molecule has 8 heteroatoms. The van der Waals surface area contributed by atoms with Gasteiger partial charge in [-0.25, -0.2) is 4.39 Å². The third kappa shape index (κ3) is 2.87. The van der Waals surface area contributed by atoms with Crippen LogP contribution >= 0.6 is 0 Å². The summed E-state index contributed by atoms with van der Waals surface area (Å²) in [6, 6.07) is 10.3. The van der Waals surface area contributed by atoms with E-state index in [1.807, 2.05) is 29.2 Å². The molecule has 2 aromatic carbocycles. The van der Waals surface area contributed by atoms with Crippen LogP contribution < -0.4 is 14.4 Å². The number of pyridine rings is 1. The molecule has 0 aliphatic carbocycles. The smallest absolute Gasteiger partial charge is 0.149 e. The highest BCUT2D eigenvalue weighted by molar-refractivity contribution is 7.80. The number of hydrogen-bond donors (Lipinski definition) is 1. The quantitative estimate of drug-likeness (QED) is 0.711. The maximum absolute atomic E-state index is 14.7. The first-order chi connectivity index (χ1) is 12.6. The molecule has 4 rings (SSSR count). The van der Waals surface area contributed by atoms with E-state index in [0.29, 0.717) is 24.4 Å².